The van der Waals surface area contributed by atoms with E-state index in [-0.39, 0.29) is 11.3 Å². The minimum atomic E-state index is -0.418. The van der Waals surface area contributed by atoms with Crippen LogP contribution in [0.2, 0.25) is 0 Å². The second-order valence-corrected chi connectivity index (χ2v) is 3.86. The summed E-state index contributed by atoms with van der Waals surface area (Å²) >= 11 is 0. The molecule has 0 saturated carbocycles. The van der Waals surface area contributed by atoms with E-state index < -0.39 is 5.56 Å². The second kappa shape index (κ2) is 4.52. The quantitative estimate of drug-likeness (QED) is 0.839. The van der Waals surface area contributed by atoms with E-state index in [2.05, 4.69) is 4.98 Å². The number of carbonyl (C=O) groups is 1. The number of hydrogen-bond acceptors (Lipinski definition) is 4. The molecule has 1 heterocycles. The summed E-state index contributed by atoms with van der Waals surface area (Å²) in [6.45, 7) is 1.35. The normalized spacial score (nSPS) is 10.4. The van der Waals surface area contributed by atoms with Crippen molar-refractivity contribution >= 4 is 16.7 Å². The molecule has 1 aromatic carbocycles. The first kappa shape index (κ1) is 12.2. The molecule has 0 fully saturated rings. The van der Waals surface area contributed by atoms with Crippen LogP contribution in [0.15, 0.2) is 23.0 Å². The van der Waals surface area contributed by atoms with Gasteiger partial charge < -0.3 is 14.5 Å². The Hall–Kier alpha value is -2.30. The van der Waals surface area contributed by atoms with Crippen LogP contribution in [-0.2, 0) is 0 Å². The molecule has 0 spiro atoms. The third-order valence-corrected chi connectivity index (χ3v) is 2.72. The summed E-state index contributed by atoms with van der Waals surface area (Å²) in [7, 11) is 3.05. The Bertz CT molecular complexity index is 672. The van der Waals surface area contributed by atoms with E-state index >= 15 is 0 Å². The molecule has 0 bridgehead atoms. The van der Waals surface area contributed by atoms with Gasteiger partial charge in [-0.2, -0.15) is 0 Å². The lowest BCUT2D eigenvalue weighted by Crippen LogP contribution is -2.15. The van der Waals surface area contributed by atoms with E-state index in [1.807, 2.05) is 0 Å². The molecule has 2 aromatic rings. The molecular formula is C13H13NO4. The first-order chi connectivity index (χ1) is 8.56. The van der Waals surface area contributed by atoms with Gasteiger partial charge in [-0.25, -0.2) is 0 Å². The number of carbonyl (C=O) groups excluding carboxylic acids is 1. The highest BCUT2D eigenvalue weighted by Gasteiger charge is 2.11. The lowest BCUT2D eigenvalue weighted by atomic mass is 10.1. The van der Waals surface area contributed by atoms with Crippen molar-refractivity contribution in [1.29, 1.82) is 0 Å². The highest BCUT2D eigenvalue weighted by Crippen LogP contribution is 2.29. The van der Waals surface area contributed by atoms with Crippen LogP contribution in [0, 0.1) is 0 Å². The van der Waals surface area contributed by atoms with Gasteiger partial charge in [0.15, 0.2) is 5.78 Å². The minimum Gasteiger partial charge on any atom is -0.497 e. The predicted octanol–water partition coefficient (Wildman–Crippen LogP) is 1.75. The van der Waals surface area contributed by atoms with Crippen LogP contribution in [0.25, 0.3) is 10.9 Å². The lowest BCUT2D eigenvalue weighted by molar-refractivity contribution is 0.101. The molecule has 1 aromatic heterocycles. The Balaban J connectivity index is 2.84. The van der Waals surface area contributed by atoms with Crippen molar-refractivity contribution in [3.8, 4) is 11.5 Å². The third-order valence-electron chi connectivity index (χ3n) is 2.72. The van der Waals surface area contributed by atoms with Gasteiger partial charge in [0.2, 0.25) is 0 Å². The van der Waals surface area contributed by atoms with Crippen LogP contribution in [0.1, 0.15) is 17.3 Å². The summed E-state index contributed by atoms with van der Waals surface area (Å²) < 4.78 is 10.3. The molecule has 0 atom stereocenters. The third kappa shape index (κ3) is 1.95. The zero-order valence-corrected chi connectivity index (χ0v) is 10.4. The highest BCUT2D eigenvalue weighted by atomic mass is 16.5. The topological polar surface area (TPSA) is 68.4 Å². The zero-order valence-electron chi connectivity index (χ0n) is 10.4. The second-order valence-electron chi connectivity index (χ2n) is 3.86. The number of nitrogens with one attached hydrogen (secondary N) is 1. The Morgan fingerprint density at radius 3 is 2.44 bits per heavy atom. The largest absolute Gasteiger partial charge is 0.497 e. The van der Waals surface area contributed by atoms with E-state index in [1.54, 1.807) is 18.2 Å². The average molecular weight is 247 g/mol. The van der Waals surface area contributed by atoms with E-state index in [0.29, 0.717) is 22.4 Å². The van der Waals surface area contributed by atoms with Crippen molar-refractivity contribution in [3.05, 3.63) is 34.1 Å². The summed E-state index contributed by atoms with van der Waals surface area (Å²) in [6, 6.07) is 4.95. The molecule has 18 heavy (non-hydrogen) atoms. The Labute approximate surface area is 103 Å². The number of rotatable bonds is 3. The van der Waals surface area contributed by atoms with Gasteiger partial charge in [-0.1, -0.05) is 0 Å². The van der Waals surface area contributed by atoms with Gasteiger partial charge in [-0.3, -0.25) is 9.59 Å². The van der Waals surface area contributed by atoms with Crippen LogP contribution in [0.4, 0.5) is 0 Å². The number of Topliss-reactive ketones (excluding diaryl/α,β-unsaturated/α-hetero) is 1. The first-order valence-electron chi connectivity index (χ1n) is 5.37. The monoisotopic (exact) mass is 247 g/mol. The zero-order chi connectivity index (χ0) is 13.3. The molecule has 0 aliphatic rings. The van der Waals surface area contributed by atoms with E-state index in [0.717, 1.165) is 0 Å². The van der Waals surface area contributed by atoms with Gasteiger partial charge in [0.25, 0.3) is 5.56 Å². The molecular weight excluding hydrogens is 234 g/mol. The molecule has 1 N–H and O–H groups in total. The van der Waals surface area contributed by atoms with E-state index in [9.17, 15) is 9.59 Å². The van der Waals surface area contributed by atoms with Crippen molar-refractivity contribution in [2.45, 2.75) is 6.92 Å². The van der Waals surface area contributed by atoms with Gasteiger partial charge >= 0.3 is 0 Å². The van der Waals surface area contributed by atoms with Crippen LogP contribution in [-0.4, -0.2) is 25.0 Å². The fourth-order valence-corrected chi connectivity index (χ4v) is 1.80. The summed E-state index contributed by atoms with van der Waals surface area (Å²) in [5.74, 6) is 0.817. The number of hydrogen-bond donors (Lipinski definition) is 1. The van der Waals surface area contributed by atoms with Crippen LogP contribution in [0.5, 0.6) is 11.5 Å². The number of methoxy groups -OCH3 is 2. The molecule has 0 amide bonds. The maximum Gasteiger partial charge on any atom is 0.259 e. The first-order valence-corrected chi connectivity index (χ1v) is 5.37. The maximum absolute atomic E-state index is 11.7. The number of ether oxygens (including phenoxy) is 2. The number of aromatic nitrogens is 1. The molecule has 94 valence electrons. The number of pyridine rings is 1. The highest BCUT2D eigenvalue weighted by molar-refractivity contribution is 5.98. The molecule has 2 rings (SSSR count). The minimum absolute atomic E-state index is 0.123. The smallest absolute Gasteiger partial charge is 0.259 e. The summed E-state index contributed by atoms with van der Waals surface area (Å²) in [5.41, 5.74) is 0.254. The van der Waals surface area contributed by atoms with Gasteiger partial charge in [-0.05, 0) is 19.1 Å². The van der Waals surface area contributed by atoms with Gasteiger partial charge in [0, 0.05) is 11.5 Å². The Morgan fingerprint density at radius 1 is 1.17 bits per heavy atom. The van der Waals surface area contributed by atoms with Crippen LogP contribution in [0.3, 0.4) is 0 Å². The van der Waals surface area contributed by atoms with Crippen LogP contribution >= 0.6 is 0 Å². The average Bonchev–Trinajstić information content (AvgIpc) is 2.36. The Morgan fingerprint density at radius 2 is 1.89 bits per heavy atom. The fourth-order valence-electron chi connectivity index (χ4n) is 1.80. The van der Waals surface area contributed by atoms with Crippen LogP contribution < -0.4 is 15.0 Å². The van der Waals surface area contributed by atoms with Crippen molar-refractivity contribution in [2.75, 3.05) is 14.2 Å². The van der Waals surface area contributed by atoms with Gasteiger partial charge in [0.05, 0.1) is 25.3 Å². The number of benzene rings is 1. The molecule has 0 radical (unpaired) electrons. The van der Waals surface area contributed by atoms with Gasteiger partial charge in [0.1, 0.15) is 11.5 Å². The SMILES string of the molecule is COc1cc(OC)c2[nH]c(=O)c(C(C)=O)cc2c1. The number of ketones is 1. The summed E-state index contributed by atoms with van der Waals surface area (Å²) in [4.78, 5) is 25.7. The van der Waals surface area contributed by atoms with E-state index in [4.69, 9.17) is 9.47 Å². The van der Waals surface area contributed by atoms with Gasteiger partial charge in [-0.15, -0.1) is 0 Å². The molecule has 0 aliphatic carbocycles. The molecule has 5 heteroatoms. The maximum atomic E-state index is 11.7. The molecule has 0 saturated heterocycles. The van der Waals surface area contributed by atoms with E-state index in [1.165, 1.54) is 21.1 Å². The van der Waals surface area contributed by atoms with Crippen molar-refractivity contribution in [1.82, 2.24) is 4.98 Å². The summed E-state index contributed by atoms with van der Waals surface area (Å²) in [5, 5.41) is 0.691. The van der Waals surface area contributed by atoms with Crippen molar-refractivity contribution < 1.29 is 14.3 Å². The number of fused-ring (bicyclic) bond motifs is 1. The standard InChI is InChI=1S/C13H13NO4/c1-7(15)10-5-8-4-9(17-2)6-11(18-3)12(8)14-13(10)16/h4-6H,1-3H3,(H,14,16). The number of H-pyrrole nitrogens is 1. The Kier molecular flexibility index (Phi) is 3.06. The fraction of sp³-hybridized carbons (Fsp3) is 0.231. The molecule has 5 nitrogen and oxygen atoms in total. The van der Waals surface area contributed by atoms with Crippen molar-refractivity contribution in [2.24, 2.45) is 0 Å². The molecule has 0 aliphatic heterocycles. The lowest BCUT2D eigenvalue weighted by Gasteiger charge is -2.09. The van der Waals surface area contributed by atoms with Crippen molar-refractivity contribution in [3.63, 3.8) is 0 Å². The summed E-state index contributed by atoms with van der Waals surface area (Å²) in [6.07, 6.45) is 0. The molecule has 0 unspecified atom stereocenters. The number of aromatic amines is 1. The predicted molar refractivity (Wildman–Crippen MR) is 67.7 cm³/mol.